The van der Waals surface area contributed by atoms with Gasteiger partial charge in [-0.15, -0.1) is 0 Å². The van der Waals surface area contributed by atoms with Crippen molar-refractivity contribution in [2.24, 2.45) is 0 Å². The maximum absolute atomic E-state index is 12.8. The molecule has 2 heterocycles. The number of aliphatic hydroxyl groups is 1. The van der Waals surface area contributed by atoms with Gasteiger partial charge >= 0.3 is 0 Å². The smallest absolute Gasteiger partial charge is 0.227 e. The number of carbonyl (C=O) groups excluding carboxylic acids is 1. The summed E-state index contributed by atoms with van der Waals surface area (Å²) < 4.78 is 0. The summed E-state index contributed by atoms with van der Waals surface area (Å²) in [5, 5.41) is 10.4. The molecule has 0 radical (unpaired) electrons. The average molecular weight is 337 g/mol. The Morgan fingerprint density at radius 3 is 2.84 bits per heavy atom. The van der Waals surface area contributed by atoms with Crippen LogP contribution >= 0.6 is 0 Å². The van der Waals surface area contributed by atoms with E-state index in [2.05, 4.69) is 23.0 Å². The van der Waals surface area contributed by atoms with Gasteiger partial charge in [-0.25, -0.2) is 0 Å². The summed E-state index contributed by atoms with van der Waals surface area (Å²) in [6, 6.07) is 9.97. The largest absolute Gasteiger partial charge is 0.395 e. The summed E-state index contributed by atoms with van der Waals surface area (Å²) in [6.45, 7) is 2.84. The number of benzene rings is 1. The highest BCUT2D eigenvalue weighted by Gasteiger charge is 2.17. The van der Waals surface area contributed by atoms with Gasteiger partial charge in [-0.2, -0.15) is 0 Å². The van der Waals surface area contributed by atoms with Crippen LogP contribution in [-0.2, 0) is 24.2 Å². The number of carbonyl (C=O) groups is 1. The average Bonchev–Trinajstić information content (AvgIpc) is 3.05. The molecule has 0 atom stereocenters. The minimum Gasteiger partial charge on any atom is -0.395 e. The molecule has 2 aromatic heterocycles. The number of amides is 1. The first-order valence-corrected chi connectivity index (χ1v) is 8.58. The van der Waals surface area contributed by atoms with Crippen molar-refractivity contribution < 1.29 is 9.90 Å². The van der Waals surface area contributed by atoms with E-state index in [4.69, 9.17) is 0 Å². The predicted octanol–water partition coefficient (Wildman–Crippen LogP) is 2.69. The molecule has 0 fully saturated rings. The van der Waals surface area contributed by atoms with E-state index < -0.39 is 0 Å². The van der Waals surface area contributed by atoms with Crippen LogP contribution in [0.5, 0.6) is 0 Å². The van der Waals surface area contributed by atoms with Gasteiger partial charge < -0.3 is 15.0 Å². The van der Waals surface area contributed by atoms with Crippen LogP contribution in [-0.4, -0.2) is 39.0 Å². The van der Waals surface area contributed by atoms with Gasteiger partial charge in [-0.05, 0) is 29.2 Å². The number of nitrogens with one attached hydrogen (secondary N) is 1. The molecule has 3 rings (SSSR count). The molecule has 1 amide bonds. The molecular weight excluding hydrogens is 314 g/mol. The Balaban J connectivity index is 1.79. The fraction of sp³-hybridized carbons (Fsp3) is 0.300. The Labute approximate surface area is 147 Å². The normalized spacial score (nSPS) is 11.0. The predicted molar refractivity (Wildman–Crippen MR) is 98.1 cm³/mol. The number of hydrogen-bond acceptors (Lipinski definition) is 3. The van der Waals surface area contributed by atoms with E-state index in [1.165, 1.54) is 5.56 Å². The summed E-state index contributed by atoms with van der Waals surface area (Å²) in [5.74, 6) is 0.000652. The molecule has 0 aliphatic rings. The van der Waals surface area contributed by atoms with Gasteiger partial charge in [-0.3, -0.25) is 9.78 Å². The van der Waals surface area contributed by atoms with Crippen molar-refractivity contribution in [3.05, 3.63) is 65.6 Å². The summed E-state index contributed by atoms with van der Waals surface area (Å²) in [6.07, 6.45) is 6.63. The molecule has 25 heavy (non-hydrogen) atoms. The van der Waals surface area contributed by atoms with Crippen molar-refractivity contribution in [3.63, 3.8) is 0 Å². The van der Waals surface area contributed by atoms with Crippen LogP contribution in [0.15, 0.2) is 48.9 Å². The second-order valence-electron chi connectivity index (χ2n) is 6.08. The third-order valence-electron chi connectivity index (χ3n) is 4.43. The van der Waals surface area contributed by atoms with E-state index in [1.54, 1.807) is 17.3 Å². The van der Waals surface area contributed by atoms with Crippen LogP contribution < -0.4 is 0 Å². The number of para-hydroxylation sites is 1. The summed E-state index contributed by atoms with van der Waals surface area (Å²) in [7, 11) is 0. The van der Waals surface area contributed by atoms with Gasteiger partial charge in [0.25, 0.3) is 0 Å². The summed E-state index contributed by atoms with van der Waals surface area (Å²) in [4.78, 5) is 21.9. The molecule has 0 bridgehead atoms. The van der Waals surface area contributed by atoms with Crippen molar-refractivity contribution in [2.45, 2.75) is 26.3 Å². The van der Waals surface area contributed by atoms with Crippen LogP contribution in [0.1, 0.15) is 23.6 Å². The van der Waals surface area contributed by atoms with E-state index in [1.807, 2.05) is 30.5 Å². The zero-order chi connectivity index (χ0) is 17.6. The molecular formula is C20H23N3O2. The van der Waals surface area contributed by atoms with E-state index in [0.717, 1.165) is 28.5 Å². The van der Waals surface area contributed by atoms with Crippen LogP contribution in [0.4, 0.5) is 0 Å². The Morgan fingerprint density at radius 1 is 1.24 bits per heavy atom. The number of nitrogens with zero attached hydrogens (tertiary/aromatic N) is 2. The number of hydrogen-bond donors (Lipinski definition) is 2. The van der Waals surface area contributed by atoms with Crippen molar-refractivity contribution in [2.75, 3.05) is 13.2 Å². The maximum atomic E-state index is 12.8. The minimum absolute atomic E-state index is 0.000652. The van der Waals surface area contributed by atoms with Crippen molar-refractivity contribution in [1.82, 2.24) is 14.9 Å². The lowest BCUT2D eigenvalue weighted by molar-refractivity contribution is -0.131. The topological polar surface area (TPSA) is 69.2 Å². The molecule has 0 saturated heterocycles. The zero-order valence-corrected chi connectivity index (χ0v) is 14.4. The zero-order valence-electron chi connectivity index (χ0n) is 14.4. The molecule has 3 aromatic rings. The minimum atomic E-state index is -0.0557. The van der Waals surface area contributed by atoms with Gasteiger partial charge in [0, 0.05) is 42.6 Å². The van der Waals surface area contributed by atoms with Gasteiger partial charge in [0.15, 0.2) is 0 Å². The first kappa shape index (κ1) is 17.2. The molecule has 0 spiro atoms. The second kappa shape index (κ2) is 7.94. The van der Waals surface area contributed by atoms with Gasteiger partial charge in [0.05, 0.1) is 13.0 Å². The molecule has 0 aliphatic carbocycles. The molecule has 1 aromatic carbocycles. The number of aryl methyl sites for hydroxylation is 1. The fourth-order valence-corrected chi connectivity index (χ4v) is 3.12. The summed E-state index contributed by atoms with van der Waals surface area (Å²) in [5.41, 5.74) is 4.30. The van der Waals surface area contributed by atoms with Crippen LogP contribution in [0.25, 0.3) is 10.9 Å². The van der Waals surface area contributed by atoms with Crippen molar-refractivity contribution in [3.8, 4) is 0 Å². The van der Waals surface area contributed by atoms with Crippen molar-refractivity contribution >= 4 is 16.8 Å². The first-order chi connectivity index (χ1) is 12.2. The summed E-state index contributed by atoms with van der Waals surface area (Å²) >= 11 is 0. The van der Waals surface area contributed by atoms with E-state index in [0.29, 0.717) is 19.5 Å². The molecule has 0 saturated carbocycles. The van der Waals surface area contributed by atoms with Gasteiger partial charge in [0.2, 0.25) is 5.91 Å². The lowest BCUT2D eigenvalue weighted by atomic mass is 10.0. The lowest BCUT2D eigenvalue weighted by Gasteiger charge is -2.21. The standard InChI is InChI=1S/C20H23N3O2/c1-2-16-6-3-7-18-17(13-22-20(16)18)11-19(25)23(9-10-24)14-15-5-4-8-21-12-15/h3-8,12-13,22,24H,2,9-11,14H2,1H3. The quantitative estimate of drug-likeness (QED) is 0.696. The Bertz CT molecular complexity index is 843. The number of H-pyrrole nitrogens is 1. The number of aromatic nitrogens is 2. The van der Waals surface area contributed by atoms with Gasteiger partial charge in [-0.1, -0.05) is 31.2 Å². The van der Waals surface area contributed by atoms with E-state index in [-0.39, 0.29) is 12.5 Å². The van der Waals surface area contributed by atoms with Crippen LogP contribution in [0.3, 0.4) is 0 Å². The molecule has 0 aliphatic heterocycles. The molecule has 5 heteroatoms. The third-order valence-corrected chi connectivity index (χ3v) is 4.43. The van der Waals surface area contributed by atoms with E-state index in [9.17, 15) is 9.90 Å². The SMILES string of the molecule is CCc1cccc2c(CC(=O)N(CCO)Cc3cccnc3)c[nH]c12. The van der Waals surface area contributed by atoms with Gasteiger partial charge in [0.1, 0.15) is 0 Å². The molecule has 2 N–H and O–H groups in total. The number of fused-ring (bicyclic) bond motifs is 1. The second-order valence-corrected chi connectivity index (χ2v) is 6.08. The monoisotopic (exact) mass is 337 g/mol. The Morgan fingerprint density at radius 2 is 2.12 bits per heavy atom. The highest BCUT2D eigenvalue weighted by Crippen LogP contribution is 2.23. The Hall–Kier alpha value is -2.66. The van der Waals surface area contributed by atoms with Crippen LogP contribution in [0.2, 0.25) is 0 Å². The maximum Gasteiger partial charge on any atom is 0.227 e. The number of aromatic amines is 1. The number of aliphatic hydroxyl groups excluding tert-OH is 1. The molecule has 130 valence electrons. The third kappa shape index (κ3) is 3.88. The number of pyridine rings is 1. The highest BCUT2D eigenvalue weighted by atomic mass is 16.3. The number of rotatable bonds is 7. The van der Waals surface area contributed by atoms with Crippen LogP contribution in [0, 0.1) is 0 Å². The van der Waals surface area contributed by atoms with E-state index >= 15 is 0 Å². The molecule has 0 unspecified atom stereocenters. The highest BCUT2D eigenvalue weighted by molar-refractivity contribution is 5.90. The Kier molecular flexibility index (Phi) is 5.46. The lowest BCUT2D eigenvalue weighted by Crippen LogP contribution is -2.34. The molecule has 5 nitrogen and oxygen atoms in total. The fourth-order valence-electron chi connectivity index (χ4n) is 3.12. The van der Waals surface area contributed by atoms with Crippen molar-refractivity contribution in [1.29, 1.82) is 0 Å². The first-order valence-electron chi connectivity index (χ1n) is 8.58.